The van der Waals surface area contributed by atoms with Gasteiger partial charge in [-0.1, -0.05) is 30.3 Å². The topological polar surface area (TPSA) is 97.3 Å². The lowest BCUT2D eigenvalue weighted by molar-refractivity contribution is -0.119. The zero-order chi connectivity index (χ0) is 25.4. The second-order valence-electron chi connectivity index (χ2n) is 7.87. The molecule has 0 spiro atoms. The molecule has 10 heteroatoms. The van der Waals surface area contributed by atoms with Crippen molar-refractivity contribution in [1.82, 2.24) is 5.43 Å². The highest BCUT2D eigenvalue weighted by atomic mass is 32.2. The largest absolute Gasteiger partial charge is 0.492 e. The number of ether oxygens (including phenoxy) is 2. The minimum atomic E-state index is -4.05. The molecule has 188 valence electrons. The van der Waals surface area contributed by atoms with Crippen LogP contribution in [0.5, 0.6) is 11.5 Å². The number of hydrogen-bond donors (Lipinski definition) is 1. The maximum Gasteiger partial charge on any atom is 0.264 e. The molecule has 3 aromatic carbocycles. The van der Waals surface area contributed by atoms with Gasteiger partial charge in [0.2, 0.25) is 0 Å². The number of carbonyl (C=O) groups is 1. The van der Waals surface area contributed by atoms with Crippen molar-refractivity contribution in [2.75, 3.05) is 29.0 Å². The van der Waals surface area contributed by atoms with Gasteiger partial charge in [0.05, 0.1) is 23.4 Å². The molecule has 0 bridgehead atoms. The van der Waals surface area contributed by atoms with Gasteiger partial charge in [-0.15, -0.1) is 0 Å². The van der Waals surface area contributed by atoms with Crippen molar-refractivity contribution in [1.29, 1.82) is 0 Å². The first-order valence-corrected chi connectivity index (χ1v) is 14.0. The number of rotatable bonds is 11. The Morgan fingerprint density at radius 1 is 1.06 bits per heavy atom. The molecule has 1 aliphatic heterocycles. The van der Waals surface area contributed by atoms with Crippen LogP contribution >= 0.6 is 11.8 Å². The highest BCUT2D eigenvalue weighted by molar-refractivity contribution is 8.00. The first-order chi connectivity index (χ1) is 17.5. The maximum atomic E-state index is 13.5. The highest BCUT2D eigenvalue weighted by Crippen LogP contribution is 2.32. The van der Waals surface area contributed by atoms with Gasteiger partial charge in [0, 0.05) is 11.5 Å². The van der Waals surface area contributed by atoms with Gasteiger partial charge >= 0.3 is 0 Å². The number of nitrogens with one attached hydrogen (secondary N) is 1. The first-order valence-electron chi connectivity index (χ1n) is 11.4. The Hall–Kier alpha value is -3.50. The minimum Gasteiger partial charge on any atom is -0.492 e. The van der Waals surface area contributed by atoms with Gasteiger partial charge < -0.3 is 9.47 Å². The molecule has 0 aliphatic carbocycles. The van der Waals surface area contributed by atoms with E-state index in [9.17, 15) is 13.2 Å². The van der Waals surface area contributed by atoms with Crippen LogP contribution in [-0.2, 0) is 14.8 Å². The molecule has 4 rings (SSSR count). The second kappa shape index (κ2) is 12.0. The Labute approximate surface area is 215 Å². The summed E-state index contributed by atoms with van der Waals surface area (Å²) in [6.07, 6.45) is 1.75. The van der Waals surface area contributed by atoms with Crippen LogP contribution in [0.3, 0.4) is 0 Å². The molecule has 0 unspecified atom stereocenters. The number of hydrazone groups is 1. The minimum absolute atomic E-state index is 0.0652. The second-order valence-corrected chi connectivity index (χ2v) is 10.8. The monoisotopic (exact) mass is 525 g/mol. The van der Waals surface area contributed by atoms with Gasteiger partial charge in [-0.25, -0.2) is 13.8 Å². The molecule has 0 atom stereocenters. The number of thioether (sulfide) groups is 1. The molecule has 1 aliphatic rings. The van der Waals surface area contributed by atoms with Crippen molar-refractivity contribution in [3.05, 3.63) is 84.4 Å². The number of para-hydroxylation sites is 2. The molecule has 1 N–H and O–H groups in total. The van der Waals surface area contributed by atoms with Crippen LogP contribution in [0, 0.1) is 0 Å². The number of sulfonamides is 1. The average Bonchev–Trinajstić information content (AvgIpc) is 2.87. The van der Waals surface area contributed by atoms with E-state index in [2.05, 4.69) is 10.5 Å². The summed E-state index contributed by atoms with van der Waals surface area (Å²) in [5.41, 5.74) is 3.45. The number of hydrogen-bond acceptors (Lipinski definition) is 7. The zero-order valence-electron chi connectivity index (χ0n) is 19.7. The number of nitrogens with zero attached hydrogens (tertiary/aromatic N) is 2. The van der Waals surface area contributed by atoms with Gasteiger partial charge in [0.25, 0.3) is 15.9 Å². The van der Waals surface area contributed by atoms with Crippen molar-refractivity contribution < 1.29 is 22.7 Å². The molecule has 1 fully saturated rings. The van der Waals surface area contributed by atoms with Crippen LogP contribution in [0.4, 0.5) is 5.69 Å². The Balaban J connectivity index is 1.48. The van der Waals surface area contributed by atoms with Crippen LogP contribution in [0.1, 0.15) is 12.5 Å². The predicted molar refractivity (Wildman–Crippen MR) is 143 cm³/mol. The van der Waals surface area contributed by atoms with Crippen LogP contribution in [0.25, 0.3) is 0 Å². The summed E-state index contributed by atoms with van der Waals surface area (Å²) in [4.78, 5) is 12.9. The van der Waals surface area contributed by atoms with E-state index in [4.69, 9.17) is 9.47 Å². The van der Waals surface area contributed by atoms with Crippen molar-refractivity contribution in [2.24, 2.45) is 5.10 Å². The van der Waals surface area contributed by atoms with Gasteiger partial charge in [-0.05, 0) is 61.0 Å². The lowest BCUT2D eigenvalue weighted by Crippen LogP contribution is -2.39. The lowest BCUT2D eigenvalue weighted by atomic mass is 10.2. The maximum absolute atomic E-state index is 13.5. The number of carbonyl (C=O) groups excluding carboxylic acids is 1. The SMILES string of the molecule is CCOc1ccccc1N(CC(=O)N/N=C\c1ccc(OC2CSC2)cc1)S(=O)(=O)c1ccccc1. The fourth-order valence-electron chi connectivity index (χ4n) is 3.41. The Kier molecular flexibility index (Phi) is 8.50. The molecule has 0 saturated carbocycles. The van der Waals surface area contributed by atoms with Crippen LogP contribution in [0.15, 0.2) is 88.9 Å². The number of benzene rings is 3. The average molecular weight is 526 g/mol. The van der Waals surface area contributed by atoms with Crippen LogP contribution in [-0.4, -0.2) is 51.3 Å². The van der Waals surface area contributed by atoms with E-state index >= 15 is 0 Å². The molecule has 36 heavy (non-hydrogen) atoms. The van der Waals surface area contributed by atoms with Crippen molar-refractivity contribution >= 4 is 39.6 Å². The fraction of sp³-hybridized carbons (Fsp3) is 0.231. The third kappa shape index (κ3) is 6.38. The number of amides is 1. The van der Waals surface area contributed by atoms with Crippen LogP contribution < -0.4 is 19.2 Å². The quantitative estimate of drug-likeness (QED) is 0.301. The summed E-state index contributed by atoms with van der Waals surface area (Å²) in [6, 6.07) is 22.0. The van der Waals surface area contributed by atoms with Gasteiger partial charge in [0.1, 0.15) is 24.1 Å². The zero-order valence-corrected chi connectivity index (χ0v) is 21.4. The molecule has 0 aromatic heterocycles. The summed E-state index contributed by atoms with van der Waals surface area (Å²) in [5.74, 6) is 2.55. The fourth-order valence-corrected chi connectivity index (χ4v) is 5.43. The highest BCUT2D eigenvalue weighted by Gasteiger charge is 2.29. The third-order valence-corrected chi connectivity index (χ3v) is 8.23. The molecular formula is C26H27N3O5S2. The van der Waals surface area contributed by atoms with E-state index in [1.165, 1.54) is 18.3 Å². The normalized spacial score (nSPS) is 13.7. The van der Waals surface area contributed by atoms with E-state index in [0.29, 0.717) is 12.4 Å². The van der Waals surface area contributed by atoms with E-state index in [-0.39, 0.29) is 16.7 Å². The number of anilines is 1. The molecular weight excluding hydrogens is 498 g/mol. The standard InChI is InChI=1S/C26H27N3O5S2/c1-2-33-25-11-7-6-10-24(25)29(36(31,32)23-8-4-3-5-9-23)17-26(30)28-27-16-20-12-14-21(15-13-20)34-22-18-35-19-22/h3-16,22H,2,17-19H2,1H3,(H,28,30)/b27-16-. The molecule has 1 amide bonds. The van der Waals surface area contributed by atoms with Crippen LogP contribution in [0.2, 0.25) is 0 Å². The van der Waals surface area contributed by atoms with E-state index in [0.717, 1.165) is 27.1 Å². The Morgan fingerprint density at radius 3 is 2.42 bits per heavy atom. The predicted octanol–water partition coefficient (Wildman–Crippen LogP) is 3.93. The van der Waals surface area contributed by atoms with E-state index < -0.39 is 22.5 Å². The van der Waals surface area contributed by atoms with E-state index in [1.54, 1.807) is 49.4 Å². The first kappa shape index (κ1) is 25.6. The molecule has 1 saturated heterocycles. The van der Waals surface area contributed by atoms with Crippen molar-refractivity contribution in [3.8, 4) is 11.5 Å². The lowest BCUT2D eigenvalue weighted by Gasteiger charge is -2.25. The molecule has 1 heterocycles. The Bertz CT molecular complexity index is 1290. The summed E-state index contributed by atoms with van der Waals surface area (Å²) in [5, 5.41) is 4.00. The summed E-state index contributed by atoms with van der Waals surface area (Å²) in [7, 11) is -4.05. The smallest absolute Gasteiger partial charge is 0.264 e. The van der Waals surface area contributed by atoms with Gasteiger partial charge in [0.15, 0.2) is 0 Å². The molecule has 8 nitrogen and oxygen atoms in total. The third-order valence-electron chi connectivity index (χ3n) is 5.25. The van der Waals surface area contributed by atoms with Gasteiger partial charge in [-0.3, -0.25) is 9.10 Å². The van der Waals surface area contributed by atoms with Crippen molar-refractivity contribution in [3.63, 3.8) is 0 Å². The Morgan fingerprint density at radius 2 is 1.75 bits per heavy atom. The summed E-state index contributed by atoms with van der Waals surface area (Å²) < 4.78 is 39.5. The molecule has 0 radical (unpaired) electrons. The summed E-state index contributed by atoms with van der Waals surface area (Å²) >= 11 is 1.85. The molecule has 3 aromatic rings. The summed E-state index contributed by atoms with van der Waals surface area (Å²) in [6.45, 7) is 1.67. The van der Waals surface area contributed by atoms with E-state index in [1.807, 2.05) is 36.0 Å². The van der Waals surface area contributed by atoms with Crippen molar-refractivity contribution in [2.45, 2.75) is 17.9 Å². The van der Waals surface area contributed by atoms with Gasteiger partial charge in [-0.2, -0.15) is 16.9 Å².